The summed E-state index contributed by atoms with van der Waals surface area (Å²) in [5, 5.41) is 0. The van der Waals surface area contributed by atoms with E-state index in [1.165, 1.54) is 0 Å². The predicted octanol–water partition coefficient (Wildman–Crippen LogP) is -1.02. The third kappa shape index (κ3) is 48.2. The lowest BCUT2D eigenvalue weighted by Gasteiger charge is -1.78. The molecule has 10 heavy (non-hydrogen) atoms. The standard InChI is InChI=1S/CH2O4S.H2O3S/c2-1-5-6(3)4;1-4(2)3/h1H,(H,3,4);(H2,1,2,3). The topological polar surface area (TPSA) is 121 Å². The van der Waals surface area contributed by atoms with Crippen molar-refractivity contribution in [1.82, 2.24) is 0 Å². The van der Waals surface area contributed by atoms with Crippen LogP contribution in [0.5, 0.6) is 0 Å². The van der Waals surface area contributed by atoms with Gasteiger partial charge in [-0.2, -0.15) is 8.42 Å². The monoisotopic (exact) mass is 192 g/mol. The first kappa shape index (κ1) is 12.3. The van der Waals surface area contributed by atoms with Gasteiger partial charge >= 0.3 is 17.8 Å². The maximum Gasteiger partial charge on any atom is 0.359 e. The maximum atomic E-state index is 9.26. The Balaban J connectivity index is 0. The van der Waals surface area contributed by atoms with Crippen molar-refractivity contribution in [1.29, 1.82) is 0 Å². The van der Waals surface area contributed by atoms with Crippen LogP contribution >= 0.6 is 0 Å². The Bertz CT molecular complexity index is 126. The number of hydrogen-bond donors (Lipinski definition) is 3. The van der Waals surface area contributed by atoms with Gasteiger partial charge in [-0.25, -0.2) is 0 Å². The van der Waals surface area contributed by atoms with Crippen LogP contribution in [0.3, 0.4) is 0 Å². The van der Waals surface area contributed by atoms with Gasteiger partial charge < -0.3 is 4.18 Å². The fraction of sp³-hybridized carbons (Fsp3) is 0. The molecule has 0 bridgehead atoms. The largest absolute Gasteiger partial charge is 0.359 e. The Morgan fingerprint density at radius 3 is 1.50 bits per heavy atom. The van der Waals surface area contributed by atoms with Crippen molar-refractivity contribution in [3.63, 3.8) is 0 Å². The molecule has 1 atom stereocenters. The summed E-state index contributed by atoms with van der Waals surface area (Å²) in [5.41, 5.74) is 0. The summed E-state index contributed by atoms with van der Waals surface area (Å²) in [7, 11) is 0. The second kappa shape index (κ2) is 8.65. The van der Waals surface area contributed by atoms with E-state index < -0.39 is 22.7 Å². The van der Waals surface area contributed by atoms with Crippen LogP contribution < -0.4 is 0 Å². The average Bonchev–Trinajstić information content (AvgIpc) is 1.62. The Morgan fingerprint density at radius 1 is 1.20 bits per heavy atom. The Kier molecular flexibility index (Phi) is 10.7. The van der Waals surface area contributed by atoms with Crippen molar-refractivity contribution in [3.8, 4) is 0 Å². The molecule has 0 aromatic rings. The molecule has 0 saturated carbocycles. The van der Waals surface area contributed by atoms with Gasteiger partial charge in [0.2, 0.25) is 0 Å². The highest BCUT2D eigenvalue weighted by Crippen LogP contribution is 1.66. The van der Waals surface area contributed by atoms with E-state index in [-0.39, 0.29) is 6.47 Å². The molecule has 0 aromatic carbocycles. The van der Waals surface area contributed by atoms with Crippen LogP contribution in [0.25, 0.3) is 0 Å². The molecule has 0 saturated heterocycles. The van der Waals surface area contributed by atoms with Crippen molar-refractivity contribution in [2.24, 2.45) is 0 Å². The van der Waals surface area contributed by atoms with E-state index in [9.17, 15) is 4.21 Å². The summed E-state index contributed by atoms with van der Waals surface area (Å²) in [6.45, 7) is -0.101. The van der Waals surface area contributed by atoms with Crippen LogP contribution in [-0.2, 0) is 31.7 Å². The van der Waals surface area contributed by atoms with Crippen molar-refractivity contribution >= 4 is 29.2 Å². The minimum Gasteiger partial charge on any atom is -0.346 e. The SMILES string of the molecule is O=COS(=O)O.O=S(O)O. The lowest BCUT2D eigenvalue weighted by atomic mass is 11.7. The van der Waals surface area contributed by atoms with Crippen LogP contribution in [0.15, 0.2) is 0 Å². The molecule has 62 valence electrons. The number of carbonyl (C=O) groups excluding carboxylic acids is 1. The molecular formula is CH4O7S2. The van der Waals surface area contributed by atoms with Crippen molar-refractivity contribution < 1.29 is 31.1 Å². The smallest absolute Gasteiger partial charge is 0.346 e. The first-order valence-electron chi connectivity index (χ1n) is 1.52. The van der Waals surface area contributed by atoms with Gasteiger partial charge in [-0.3, -0.25) is 18.5 Å². The molecule has 0 aromatic heterocycles. The summed E-state index contributed by atoms with van der Waals surface area (Å²) in [4.78, 5) is 9.04. The minimum absolute atomic E-state index is 0.101. The van der Waals surface area contributed by atoms with E-state index in [1.54, 1.807) is 0 Å². The molecule has 0 spiro atoms. The Morgan fingerprint density at radius 2 is 1.50 bits per heavy atom. The zero-order valence-corrected chi connectivity index (χ0v) is 6.00. The molecule has 0 aliphatic carbocycles. The average molecular weight is 192 g/mol. The molecule has 0 fully saturated rings. The van der Waals surface area contributed by atoms with Gasteiger partial charge in [0, 0.05) is 0 Å². The predicted molar refractivity (Wildman–Crippen MR) is 31.3 cm³/mol. The quantitative estimate of drug-likeness (QED) is 0.378. The van der Waals surface area contributed by atoms with Gasteiger partial charge in [-0.1, -0.05) is 0 Å². The third-order valence-electron chi connectivity index (χ3n) is 0.122. The molecular weight excluding hydrogens is 188 g/mol. The molecule has 0 radical (unpaired) electrons. The lowest BCUT2D eigenvalue weighted by Crippen LogP contribution is -1.89. The summed E-state index contributed by atoms with van der Waals surface area (Å²) in [6.07, 6.45) is 0. The molecule has 9 heteroatoms. The van der Waals surface area contributed by atoms with E-state index in [0.29, 0.717) is 0 Å². The minimum atomic E-state index is -2.61. The fourth-order valence-electron chi connectivity index (χ4n) is 0.0336. The summed E-state index contributed by atoms with van der Waals surface area (Å²) < 4.78 is 43.1. The van der Waals surface area contributed by atoms with Gasteiger partial charge in [-0.15, -0.1) is 0 Å². The van der Waals surface area contributed by atoms with Gasteiger partial charge in [0.15, 0.2) is 0 Å². The number of hydrogen-bond acceptors (Lipinski definition) is 4. The van der Waals surface area contributed by atoms with Crippen LogP contribution in [0.1, 0.15) is 0 Å². The molecule has 0 heterocycles. The molecule has 0 aliphatic heterocycles. The van der Waals surface area contributed by atoms with Crippen molar-refractivity contribution in [2.75, 3.05) is 0 Å². The summed E-state index contributed by atoms with van der Waals surface area (Å²) >= 11 is -5.04. The molecule has 7 nitrogen and oxygen atoms in total. The molecule has 0 aliphatic rings. The van der Waals surface area contributed by atoms with Crippen LogP contribution in [0.2, 0.25) is 0 Å². The summed E-state index contributed by atoms with van der Waals surface area (Å²) in [5.74, 6) is 0. The van der Waals surface area contributed by atoms with E-state index in [0.717, 1.165) is 0 Å². The van der Waals surface area contributed by atoms with Crippen LogP contribution in [-0.4, -0.2) is 28.5 Å². The first-order chi connectivity index (χ1) is 4.50. The Hall–Kier alpha value is -0.350. The van der Waals surface area contributed by atoms with Gasteiger partial charge in [-0.05, 0) is 0 Å². The Labute approximate surface area is 61.0 Å². The highest BCUT2D eigenvalue weighted by Gasteiger charge is 1.82. The van der Waals surface area contributed by atoms with Gasteiger partial charge in [0.25, 0.3) is 11.4 Å². The lowest BCUT2D eigenvalue weighted by molar-refractivity contribution is -0.120. The maximum absolute atomic E-state index is 9.26. The number of rotatable bonds is 2. The van der Waals surface area contributed by atoms with E-state index >= 15 is 0 Å². The normalized spacial score (nSPS) is 11.2. The zero-order chi connectivity index (χ0) is 8.57. The zero-order valence-electron chi connectivity index (χ0n) is 4.37. The van der Waals surface area contributed by atoms with E-state index in [2.05, 4.69) is 4.18 Å². The fourth-order valence-corrected chi connectivity index (χ4v) is 0.101. The molecule has 3 N–H and O–H groups in total. The first-order valence-corrected chi connectivity index (χ1v) is 3.61. The second-order valence-electron chi connectivity index (χ2n) is 0.640. The molecule has 0 amide bonds. The highest BCUT2D eigenvalue weighted by molar-refractivity contribution is 7.74. The molecule has 0 rings (SSSR count). The van der Waals surface area contributed by atoms with E-state index in [4.69, 9.17) is 22.7 Å². The third-order valence-corrected chi connectivity index (χ3v) is 0.365. The number of carbonyl (C=O) groups is 1. The van der Waals surface area contributed by atoms with Crippen molar-refractivity contribution in [3.05, 3.63) is 0 Å². The molecule has 1 unspecified atom stereocenters. The van der Waals surface area contributed by atoms with Gasteiger partial charge in [0.05, 0.1) is 0 Å². The summed E-state index contributed by atoms with van der Waals surface area (Å²) in [6, 6.07) is 0. The van der Waals surface area contributed by atoms with E-state index in [1.807, 2.05) is 0 Å². The van der Waals surface area contributed by atoms with Crippen LogP contribution in [0.4, 0.5) is 0 Å². The van der Waals surface area contributed by atoms with Crippen molar-refractivity contribution in [2.45, 2.75) is 0 Å². The van der Waals surface area contributed by atoms with Gasteiger partial charge in [0.1, 0.15) is 0 Å². The van der Waals surface area contributed by atoms with Crippen LogP contribution in [0, 0.1) is 0 Å². The second-order valence-corrected chi connectivity index (χ2v) is 1.73. The highest BCUT2D eigenvalue weighted by atomic mass is 32.2.